The molecule has 0 saturated carbocycles. The van der Waals surface area contributed by atoms with Gasteiger partial charge in [-0.25, -0.2) is 0 Å². The molecule has 0 radical (unpaired) electrons. The van der Waals surface area contributed by atoms with Crippen molar-refractivity contribution in [3.63, 3.8) is 0 Å². The van der Waals surface area contributed by atoms with Crippen LogP contribution in [0, 0.1) is 10.1 Å². The lowest BCUT2D eigenvalue weighted by Gasteiger charge is -2.04. The maximum Gasteiger partial charge on any atom is 0.406 e. The highest BCUT2D eigenvalue weighted by atomic mass is 16.6. The van der Waals surface area contributed by atoms with Crippen molar-refractivity contribution in [2.45, 2.75) is 19.8 Å². The standard InChI is InChI=1S/C10H12N2O4/c1-8(13)4-3-7-16-9-5-2-6-11-10(9)12(14)15/h2,5-6H,3-4,7H2,1H3. The van der Waals surface area contributed by atoms with E-state index in [1.54, 1.807) is 6.07 Å². The molecule has 0 bridgehead atoms. The molecule has 0 fully saturated rings. The number of pyridine rings is 1. The highest BCUT2D eigenvalue weighted by Gasteiger charge is 2.14. The predicted molar refractivity (Wildman–Crippen MR) is 56.3 cm³/mol. The molecule has 0 spiro atoms. The highest BCUT2D eigenvalue weighted by molar-refractivity contribution is 5.75. The molecule has 0 unspecified atom stereocenters. The van der Waals surface area contributed by atoms with Crippen molar-refractivity contribution in [3.8, 4) is 5.75 Å². The maximum absolute atomic E-state index is 10.7. The molecule has 0 aliphatic heterocycles. The molecule has 6 nitrogen and oxygen atoms in total. The summed E-state index contributed by atoms with van der Waals surface area (Å²) in [5.41, 5.74) is 0. The van der Waals surface area contributed by atoms with E-state index in [2.05, 4.69) is 4.98 Å². The van der Waals surface area contributed by atoms with Gasteiger partial charge < -0.3 is 19.6 Å². The Labute approximate surface area is 92.4 Å². The van der Waals surface area contributed by atoms with Gasteiger partial charge in [-0.2, -0.15) is 0 Å². The number of carbonyl (C=O) groups is 1. The van der Waals surface area contributed by atoms with Crippen molar-refractivity contribution in [2.75, 3.05) is 6.61 Å². The third kappa shape index (κ3) is 3.64. The smallest absolute Gasteiger partial charge is 0.406 e. The van der Waals surface area contributed by atoms with Crippen LogP contribution in [0.1, 0.15) is 19.8 Å². The van der Waals surface area contributed by atoms with Crippen LogP contribution in [0.4, 0.5) is 5.82 Å². The van der Waals surface area contributed by atoms with Crippen molar-refractivity contribution >= 4 is 11.6 Å². The van der Waals surface area contributed by atoms with Crippen LogP contribution in [0.25, 0.3) is 0 Å². The Balaban J connectivity index is 2.53. The van der Waals surface area contributed by atoms with E-state index in [0.29, 0.717) is 12.8 Å². The summed E-state index contributed by atoms with van der Waals surface area (Å²) in [7, 11) is 0. The molecule has 0 saturated heterocycles. The van der Waals surface area contributed by atoms with Crippen LogP contribution in [-0.4, -0.2) is 22.3 Å². The Bertz CT molecular complexity index is 392. The SMILES string of the molecule is CC(=O)CCCOc1cccnc1[N+](=O)[O-]. The fourth-order valence-electron chi connectivity index (χ4n) is 1.14. The zero-order valence-corrected chi connectivity index (χ0v) is 8.88. The Morgan fingerprint density at radius 2 is 2.38 bits per heavy atom. The van der Waals surface area contributed by atoms with Crippen LogP contribution in [0.5, 0.6) is 5.75 Å². The number of ketones is 1. The molecule has 0 N–H and O–H groups in total. The van der Waals surface area contributed by atoms with Gasteiger partial charge in [-0.1, -0.05) is 0 Å². The molecule has 16 heavy (non-hydrogen) atoms. The number of aromatic nitrogens is 1. The average Bonchev–Trinajstić information content (AvgIpc) is 2.24. The van der Waals surface area contributed by atoms with Gasteiger partial charge in [0, 0.05) is 6.42 Å². The Morgan fingerprint density at radius 1 is 1.62 bits per heavy atom. The van der Waals surface area contributed by atoms with E-state index in [4.69, 9.17) is 4.74 Å². The van der Waals surface area contributed by atoms with Gasteiger partial charge in [-0.05, 0) is 35.4 Å². The first kappa shape index (κ1) is 12.1. The summed E-state index contributed by atoms with van der Waals surface area (Å²) in [6, 6.07) is 3.05. The molecule has 0 aliphatic carbocycles. The summed E-state index contributed by atoms with van der Waals surface area (Å²) in [6.07, 6.45) is 2.29. The van der Waals surface area contributed by atoms with E-state index < -0.39 is 4.92 Å². The van der Waals surface area contributed by atoms with Gasteiger partial charge in [-0.3, -0.25) is 0 Å². The summed E-state index contributed by atoms with van der Waals surface area (Å²) < 4.78 is 5.19. The van der Waals surface area contributed by atoms with Gasteiger partial charge in [-0.15, -0.1) is 0 Å². The van der Waals surface area contributed by atoms with E-state index in [1.807, 2.05) is 0 Å². The van der Waals surface area contributed by atoms with Gasteiger partial charge >= 0.3 is 5.82 Å². The first-order valence-electron chi connectivity index (χ1n) is 4.83. The van der Waals surface area contributed by atoms with Gasteiger partial charge in [0.1, 0.15) is 12.0 Å². The fraction of sp³-hybridized carbons (Fsp3) is 0.400. The number of nitrogens with zero attached hydrogens (tertiary/aromatic N) is 2. The summed E-state index contributed by atoms with van der Waals surface area (Å²) in [5.74, 6) is -0.0920. The van der Waals surface area contributed by atoms with Crippen molar-refractivity contribution in [1.82, 2.24) is 4.98 Å². The van der Waals surface area contributed by atoms with Crippen LogP contribution >= 0.6 is 0 Å². The van der Waals surface area contributed by atoms with E-state index in [9.17, 15) is 14.9 Å². The Morgan fingerprint density at radius 3 is 3.00 bits per heavy atom. The lowest BCUT2D eigenvalue weighted by molar-refractivity contribution is -0.390. The summed E-state index contributed by atoms with van der Waals surface area (Å²) in [5, 5.41) is 10.6. The lowest BCUT2D eigenvalue weighted by atomic mass is 10.2. The molecule has 0 atom stereocenters. The number of hydrogen-bond donors (Lipinski definition) is 0. The average molecular weight is 224 g/mol. The number of Topliss-reactive ketones (excluding diaryl/α,β-unsaturated/α-hetero) is 1. The number of ether oxygens (including phenoxy) is 1. The second-order valence-electron chi connectivity index (χ2n) is 3.24. The van der Waals surface area contributed by atoms with Crippen molar-refractivity contribution in [3.05, 3.63) is 28.4 Å². The van der Waals surface area contributed by atoms with E-state index in [1.165, 1.54) is 19.2 Å². The van der Waals surface area contributed by atoms with Gasteiger partial charge in [0.15, 0.2) is 0 Å². The minimum Gasteiger partial charge on any atom is -0.486 e. The molecule has 1 rings (SSSR count). The molecule has 1 aromatic rings. The Hall–Kier alpha value is -1.98. The molecule has 1 aromatic heterocycles. The molecule has 0 aromatic carbocycles. The molecule has 6 heteroatoms. The maximum atomic E-state index is 10.7. The van der Waals surface area contributed by atoms with Crippen LogP contribution in [-0.2, 0) is 4.79 Å². The van der Waals surface area contributed by atoms with Crippen molar-refractivity contribution < 1.29 is 14.5 Å². The second kappa shape index (κ2) is 5.79. The number of carbonyl (C=O) groups excluding carboxylic acids is 1. The van der Waals surface area contributed by atoms with Crippen LogP contribution < -0.4 is 4.74 Å². The van der Waals surface area contributed by atoms with Crippen molar-refractivity contribution in [2.24, 2.45) is 0 Å². The molecule has 0 amide bonds. The third-order valence-electron chi connectivity index (χ3n) is 1.85. The Kier molecular flexibility index (Phi) is 4.38. The minimum atomic E-state index is -0.597. The normalized spacial score (nSPS) is 9.81. The molecular formula is C10H12N2O4. The summed E-state index contributed by atoms with van der Waals surface area (Å²) >= 11 is 0. The van der Waals surface area contributed by atoms with E-state index in [0.717, 1.165) is 0 Å². The minimum absolute atomic E-state index is 0.0734. The highest BCUT2D eigenvalue weighted by Crippen LogP contribution is 2.22. The van der Waals surface area contributed by atoms with Crippen LogP contribution in [0.15, 0.2) is 18.3 Å². The van der Waals surface area contributed by atoms with Gasteiger partial charge in [0.25, 0.3) is 0 Å². The summed E-state index contributed by atoms with van der Waals surface area (Å²) in [4.78, 5) is 24.2. The van der Waals surface area contributed by atoms with Crippen molar-refractivity contribution in [1.29, 1.82) is 0 Å². The molecule has 0 aliphatic rings. The predicted octanol–water partition coefficient (Wildman–Crippen LogP) is 1.74. The number of nitro groups is 1. The molecule has 86 valence electrons. The number of rotatable bonds is 6. The largest absolute Gasteiger partial charge is 0.486 e. The van der Waals surface area contributed by atoms with E-state index in [-0.39, 0.29) is 24.0 Å². The lowest BCUT2D eigenvalue weighted by Crippen LogP contribution is -2.03. The number of hydrogen-bond acceptors (Lipinski definition) is 5. The monoisotopic (exact) mass is 224 g/mol. The van der Waals surface area contributed by atoms with Crippen LogP contribution in [0.3, 0.4) is 0 Å². The molecular weight excluding hydrogens is 212 g/mol. The van der Waals surface area contributed by atoms with Crippen LogP contribution in [0.2, 0.25) is 0 Å². The zero-order valence-electron chi connectivity index (χ0n) is 8.88. The second-order valence-corrected chi connectivity index (χ2v) is 3.24. The fourth-order valence-corrected chi connectivity index (χ4v) is 1.14. The zero-order chi connectivity index (χ0) is 12.0. The van der Waals surface area contributed by atoms with Gasteiger partial charge in [0.2, 0.25) is 5.75 Å². The quantitative estimate of drug-likeness (QED) is 0.417. The van der Waals surface area contributed by atoms with Gasteiger partial charge in [0.05, 0.1) is 6.61 Å². The summed E-state index contributed by atoms with van der Waals surface area (Å²) in [6.45, 7) is 1.76. The topological polar surface area (TPSA) is 82.3 Å². The first-order chi connectivity index (χ1) is 7.61. The van der Waals surface area contributed by atoms with E-state index >= 15 is 0 Å². The molecule has 1 heterocycles. The first-order valence-corrected chi connectivity index (χ1v) is 4.83. The third-order valence-corrected chi connectivity index (χ3v) is 1.85.